The SMILES string of the molecule is CC[C@H](C)[C@H](NC(=O)c1ccccc1)C(=O)Oc1c(C)cccc1C. The van der Waals surface area contributed by atoms with E-state index >= 15 is 0 Å². The maximum absolute atomic E-state index is 12.7. The molecule has 0 aliphatic rings. The number of carbonyl (C=O) groups excluding carboxylic acids is 2. The van der Waals surface area contributed by atoms with E-state index in [-0.39, 0.29) is 11.8 Å². The first-order valence-corrected chi connectivity index (χ1v) is 8.57. The molecular formula is C21H25NO3. The number of hydrogen-bond donors (Lipinski definition) is 1. The van der Waals surface area contributed by atoms with E-state index < -0.39 is 12.0 Å². The second-order valence-electron chi connectivity index (χ2n) is 6.34. The van der Waals surface area contributed by atoms with Crippen LogP contribution in [0.1, 0.15) is 41.8 Å². The van der Waals surface area contributed by atoms with Crippen molar-refractivity contribution in [3.8, 4) is 5.75 Å². The van der Waals surface area contributed by atoms with Crippen molar-refractivity contribution >= 4 is 11.9 Å². The van der Waals surface area contributed by atoms with Crippen molar-refractivity contribution in [1.82, 2.24) is 5.32 Å². The van der Waals surface area contributed by atoms with Crippen LogP contribution in [-0.4, -0.2) is 17.9 Å². The van der Waals surface area contributed by atoms with Crippen molar-refractivity contribution in [2.45, 2.75) is 40.2 Å². The summed E-state index contributed by atoms with van der Waals surface area (Å²) in [7, 11) is 0. The maximum Gasteiger partial charge on any atom is 0.334 e. The summed E-state index contributed by atoms with van der Waals surface area (Å²) in [5.41, 5.74) is 2.31. The number of aryl methyl sites for hydroxylation is 2. The number of ether oxygens (including phenoxy) is 1. The molecule has 0 saturated carbocycles. The summed E-state index contributed by atoms with van der Waals surface area (Å²) in [5.74, 6) is -0.181. The van der Waals surface area contributed by atoms with Gasteiger partial charge in [-0.3, -0.25) is 4.79 Å². The van der Waals surface area contributed by atoms with Crippen LogP contribution in [0.2, 0.25) is 0 Å². The summed E-state index contributed by atoms with van der Waals surface area (Å²) in [4.78, 5) is 25.2. The second-order valence-corrected chi connectivity index (χ2v) is 6.34. The van der Waals surface area contributed by atoms with E-state index in [2.05, 4.69) is 5.32 Å². The molecule has 0 heterocycles. The van der Waals surface area contributed by atoms with Gasteiger partial charge in [0.1, 0.15) is 11.8 Å². The second kappa shape index (κ2) is 8.47. The molecule has 1 N–H and O–H groups in total. The van der Waals surface area contributed by atoms with Crippen LogP contribution in [0.15, 0.2) is 48.5 Å². The quantitative estimate of drug-likeness (QED) is 0.638. The molecule has 1 amide bonds. The lowest BCUT2D eigenvalue weighted by atomic mass is 9.98. The first-order chi connectivity index (χ1) is 11.9. The normalized spacial score (nSPS) is 13.0. The molecule has 0 bridgehead atoms. The minimum absolute atomic E-state index is 0.0375. The molecule has 132 valence electrons. The van der Waals surface area contributed by atoms with E-state index in [1.165, 1.54) is 0 Å². The number of esters is 1. The van der Waals surface area contributed by atoms with Crippen molar-refractivity contribution in [3.63, 3.8) is 0 Å². The van der Waals surface area contributed by atoms with E-state index in [0.717, 1.165) is 17.5 Å². The minimum atomic E-state index is -0.697. The van der Waals surface area contributed by atoms with Crippen molar-refractivity contribution in [2.75, 3.05) is 0 Å². The Morgan fingerprint density at radius 3 is 2.16 bits per heavy atom. The molecule has 2 aromatic rings. The van der Waals surface area contributed by atoms with E-state index in [4.69, 9.17) is 4.74 Å². The number of rotatable bonds is 6. The zero-order valence-corrected chi connectivity index (χ0v) is 15.2. The van der Waals surface area contributed by atoms with Crippen LogP contribution in [-0.2, 0) is 4.79 Å². The fourth-order valence-electron chi connectivity index (χ4n) is 2.61. The monoisotopic (exact) mass is 339 g/mol. The van der Waals surface area contributed by atoms with Gasteiger partial charge in [0.05, 0.1) is 0 Å². The molecule has 0 aromatic heterocycles. The zero-order chi connectivity index (χ0) is 18.4. The summed E-state index contributed by atoms with van der Waals surface area (Å²) in [6, 6.07) is 13.9. The Kier molecular flexibility index (Phi) is 6.34. The summed E-state index contributed by atoms with van der Waals surface area (Å²) >= 11 is 0. The first-order valence-electron chi connectivity index (χ1n) is 8.57. The van der Waals surface area contributed by atoms with Crippen molar-refractivity contribution in [1.29, 1.82) is 0 Å². The van der Waals surface area contributed by atoms with Gasteiger partial charge in [0, 0.05) is 5.56 Å². The molecule has 2 rings (SSSR count). The van der Waals surface area contributed by atoms with Crippen LogP contribution in [0.25, 0.3) is 0 Å². The lowest BCUT2D eigenvalue weighted by Gasteiger charge is -2.23. The number of amides is 1. The highest BCUT2D eigenvalue weighted by atomic mass is 16.5. The van der Waals surface area contributed by atoms with Gasteiger partial charge in [-0.25, -0.2) is 4.79 Å². The number of benzene rings is 2. The van der Waals surface area contributed by atoms with Gasteiger partial charge in [0.2, 0.25) is 0 Å². The topological polar surface area (TPSA) is 55.4 Å². The van der Waals surface area contributed by atoms with Crippen molar-refractivity contribution < 1.29 is 14.3 Å². The number of para-hydroxylation sites is 1. The highest BCUT2D eigenvalue weighted by molar-refractivity contribution is 5.97. The number of nitrogens with one attached hydrogen (secondary N) is 1. The molecule has 0 aliphatic heterocycles. The minimum Gasteiger partial charge on any atom is -0.424 e. The number of carbonyl (C=O) groups is 2. The highest BCUT2D eigenvalue weighted by Crippen LogP contribution is 2.23. The molecule has 0 spiro atoms. The average molecular weight is 339 g/mol. The Hall–Kier alpha value is -2.62. The fraction of sp³-hybridized carbons (Fsp3) is 0.333. The van der Waals surface area contributed by atoms with Gasteiger partial charge in [-0.2, -0.15) is 0 Å². The van der Waals surface area contributed by atoms with Crippen molar-refractivity contribution in [3.05, 3.63) is 65.2 Å². The third-order valence-corrected chi connectivity index (χ3v) is 4.40. The Labute approximate surface area is 149 Å². The smallest absolute Gasteiger partial charge is 0.334 e. The lowest BCUT2D eigenvalue weighted by Crippen LogP contribution is -2.47. The molecule has 2 atom stereocenters. The molecular weight excluding hydrogens is 314 g/mol. The lowest BCUT2D eigenvalue weighted by molar-refractivity contribution is -0.137. The zero-order valence-electron chi connectivity index (χ0n) is 15.2. The molecule has 0 unspecified atom stereocenters. The summed E-state index contributed by atoms with van der Waals surface area (Å²) < 4.78 is 5.64. The first kappa shape index (κ1) is 18.7. The van der Waals surface area contributed by atoms with Gasteiger partial charge in [-0.05, 0) is 43.0 Å². The van der Waals surface area contributed by atoms with Crippen LogP contribution >= 0.6 is 0 Å². The Bertz CT molecular complexity index is 720. The average Bonchev–Trinajstić information content (AvgIpc) is 2.62. The van der Waals surface area contributed by atoms with E-state index in [9.17, 15) is 9.59 Å². The molecule has 0 saturated heterocycles. The third-order valence-electron chi connectivity index (χ3n) is 4.40. The highest BCUT2D eigenvalue weighted by Gasteiger charge is 2.28. The van der Waals surface area contributed by atoms with E-state index in [1.54, 1.807) is 24.3 Å². The van der Waals surface area contributed by atoms with Gasteiger partial charge < -0.3 is 10.1 Å². The molecule has 0 aliphatic carbocycles. The third kappa shape index (κ3) is 4.69. The largest absolute Gasteiger partial charge is 0.424 e. The molecule has 4 heteroatoms. The predicted octanol–water partition coefficient (Wildman–Crippen LogP) is 4.05. The molecule has 25 heavy (non-hydrogen) atoms. The maximum atomic E-state index is 12.7. The Morgan fingerprint density at radius 2 is 1.60 bits per heavy atom. The predicted molar refractivity (Wildman–Crippen MR) is 98.7 cm³/mol. The van der Waals surface area contributed by atoms with Crippen LogP contribution < -0.4 is 10.1 Å². The molecule has 4 nitrogen and oxygen atoms in total. The molecule has 2 aromatic carbocycles. The van der Waals surface area contributed by atoms with Crippen LogP contribution in [0.4, 0.5) is 0 Å². The van der Waals surface area contributed by atoms with E-state index in [0.29, 0.717) is 11.3 Å². The van der Waals surface area contributed by atoms with Crippen LogP contribution in [0.3, 0.4) is 0 Å². The van der Waals surface area contributed by atoms with Crippen LogP contribution in [0.5, 0.6) is 5.75 Å². The van der Waals surface area contributed by atoms with Crippen LogP contribution in [0, 0.1) is 19.8 Å². The van der Waals surface area contributed by atoms with Gasteiger partial charge >= 0.3 is 5.97 Å². The summed E-state index contributed by atoms with van der Waals surface area (Å²) in [5, 5.41) is 2.83. The van der Waals surface area contributed by atoms with Crippen molar-refractivity contribution in [2.24, 2.45) is 5.92 Å². The van der Waals surface area contributed by atoms with Gasteiger partial charge in [-0.15, -0.1) is 0 Å². The van der Waals surface area contributed by atoms with Gasteiger partial charge in [0.15, 0.2) is 0 Å². The summed E-state index contributed by atoms with van der Waals surface area (Å²) in [6.45, 7) is 7.72. The van der Waals surface area contributed by atoms with E-state index in [1.807, 2.05) is 52.0 Å². The Morgan fingerprint density at radius 1 is 1.00 bits per heavy atom. The summed E-state index contributed by atoms with van der Waals surface area (Å²) in [6.07, 6.45) is 0.752. The molecule has 0 fully saturated rings. The Balaban J connectivity index is 2.19. The fourth-order valence-corrected chi connectivity index (χ4v) is 2.61. The molecule has 0 radical (unpaired) electrons. The number of hydrogen-bond acceptors (Lipinski definition) is 3. The van der Waals surface area contributed by atoms with Gasteiger partial charge in [0.25, 0.3) is 5.91 Å². The van der Waals surface area contributed by atoms with Gasteiger partial charge in [-0.1, -0.05) is 56.7 Å². The standard InChI is InChI=1S/C21H25NO3/c1-5-14(2)18(22-20(23)17-12-7-6-8-13-17)21(24)25-19-15(3)10-9-11-16(19)4/h6-14,18H,5H2,1-4H3,(H,22,23)/t14-,18-/m0/s1.